The maximum absolute atomic E-state index is 13.9. The molecule has 0 unspecified atom stereocenters. The molecule has 1 amide bonds. The number of nitrogens with zero attached hydrogens (tertiary/aromatic N) is 2. The van der Waals surface area contributed by atoms with Gasteiger partial charge in [0.1, 0.15) is 16.7 Å². The van der Waals surface area contributed by atoms with Crippen molar-refractivity contribution >= 4 is 15.9 Å². The zero-order chi connectivity index (χ0) is 29.3. The second-order valence-electron chi connectivity index (χ2n) is 11.1. The molecule has 0 radical (unpaired) electrons. The highest BCUT2D eigenvalue weighted by atomic mass is 32.2. The summed E-state index contributed by atoms with van der Waals surface area (Å²) < 4.78 is 81.3. The average Bonchev–Trinajstić information content (AvgIpc) is 3.38. The minimum Gasteiger partial charge on any atom is -0.492 e. The molecular weight excluding hydrogens is 559 g/mol. The molecule has 0 aromatic heterocycles. The molecule has 2 fully saturated rings. The summed E-state index contributed by atoms with van der Waals surface area (Å²) in [4.78, 5) is 15.5. The first-order chi connectivity index (χ1) is 19.5. The summed E-state index contributed by atoms with van der Waals surface area (Å²) in [5, 5.41) is 3.18. The largest absolute Gasteiger partial charge is 0.492 e. The summed E-state index contributed by atoms with van der Waals surface area (Å²) in [6.45, 7) is 4.42. The molecule has 12 heteroatoms. The van der Waals surface area contributed by atoms with Crippen molar-refractivity contribution in [3.05, 3.63) is 59.7 Å². The monoisotopic (exact) mass is 595 g/mol. The van der Waals surface area contributed by atoms with Gasteiger partial charge in [-0.25, -0.2) is 8.42 Å². The molecule has 2 atom stereocenters. The van der Waals surface area contributed by atoms with Crippen LogP contribution in [0.15, 0.2) is 53.4 Å². The molecule has 0 saturated carbocycles. The van der Waals surface area contributed by atoms with Gasteiger partial charge >= 0.3 is 6.18 Å². The van der Waals surface area contributed by atoms with Gasteiger partial charge in [-0.1, -0.05) is 37.3 Å². The lowest BCUT2D eigenvalue weighted by Gasteiger charge is -2.43. The van der Waals surface area contributed by atoms with Crippen molar-refractivity contribution in [2.75, 3.05) is 32.8 Å². The fraction of sp³-hybridized carbons (Fsp3) is 0.552. The van der Waals surface area contributed by atoms with Gasteiger partial charge in [0.15, 0.2) is 0 Å². The lowest BCUT2D eigenvalue weighted by atomic mass is 9.84. The average molecular weight is 596 g/mol. The molecular formula is C29H36F3N3O5S. The minimum atomic E-state index is -4.75. The summed E-state index contributed by atoms with van der Waals surface area (Å²) >= 11 is 0. The van der Waals surface area contributed by atoms with E-state index in [4.69, 9.17) is 9.47 Å². The Morgan fingerprint density at radius 3 is 2.51 bits per heavy atom. The van der Waals surface area contributed by atoms with Gasteiger partial charge in [-0.2, -0.15) is 17.5 Å². The third-order valence-electron chi connectivity index (χ3n) is 8.22. The first kappa shape index (κ1) is 29.8. The fourth-order valence-electron chi connectivity index (χ4n) is 5.93. The predicted octanol–water partition coefficient (Wildman–Crippen LogP) is 4.20. The van der Waals surface area contributed by atoms with E-state index in [1.54, 1.807) is 0 Å². The van der Waals surface area contributed by atoms with E-state index in [0.29, 0.717) is 38.4 Å². The van der Waals surface area contributed by atoms with E-state index in [9.17, 15) is 26.4 Å². The van der Waals surface area contributed by atoms with Crippen LogP contribution in [0.1, 0.15) is 50.2 Å². The van der Waals surface area contributed by atoms with Gasteiger partial charge in [0.25, 0.3) is 0 Å². The van der Waals surface area contributed by atoms with Crippen LogP contribution < -0.4 is 10.1 Å². The summed E-state index contributed by atoms with van der Waals surface area (Å²) in [7, 11) is -4.54. The molecule has 3 aliphatic rings. The molecule has 3 aliphatic heterocycles. The van der Waals surface area contributed by atoms with Crippen LogP contribution in [-0.2, 0) is 32.3 Å². The van der Waals surface area contributed by atoms with Crippen molar-refractivity contribution in [2.45, 2.75) is 74.3 Å². The van der Waals surface area contributed by atoms with Crippen molar-refractivity contribution in [2.24, 2.45) is 0 Å². The van der Waals surface area contributed by atoms with Crippen LogP contribution in [0, 0.1) is 0 Å². The number of fused-ring (bicyclic) bond motifs is 2. The first-order valence-electron chi connectivity index (χ1n) is 14.1. The number of ether oxygens (including phenoxy) is 2. The highest BCUT2D eigenvalue weighted by Crippen LogP contribution is 2.39. The second-order valence-corrected chi connectivity index (χ2v) is 13.0. The number of hydrogen-bond acceptors (Lipinski definition) is 6. The Morgan fingerprint density at radius 2 is 1.83 bits per heavy atom. The Bertz CT molecular complexity index is 1330. The number of nitrogens with one attached hydrogen (secondary N) is 1. The summed E-state index contributed by atoms with van der Waals surface area (Å²) in [5.41, 5.74) is -0.545. The van der Waals surface area contributed by atoms with Gasteiger partial charge in [-0.3, -0.25) is 9.69 Å². The number of halogens is 3. The zero-order valence-corrected chi connectivity index (χ0v) is 23.8. The molecule has 41 heavy (non-hydrogen) atoms. The van der Waals surface area contributed by atoms with Crippen LogP contribution in [0.2, 0.25) is 0 Å². The molecule has 8 nitrogen and oxygen atoms in total. The summed E-state index contributed by atoms with van der Waals surface area (Å²) in [6.07, 6.45) is -2.83. The number of sulfonamides is 1. The Labute approximate surface area is 238 Å². The van der Waals surface area contributed by atoms with Crippen molar-refractivity contribution in [1.29, 1.82) is 0 Å². The molecule has 5 rings (SSSR count). The maximum Gasteiger partial charge on any atom is 0.416 e. The minimum absolute atomic E-state index is 0.0414. The van der Waals surface area contributed by atoms with Crippen LogP contribution in [0.4, 0.5) is 13.2 Å². The van der Waals surface area contributed by atoms with E-state index in [1.807, 2.05) is 25.1 Å². The number of hydrogen-bond donors (Lipinski definition) is 1. The number of amides is 1. The smallest absolute Gasteiger partial charge is 0.416 e. The van der Waals surface area contributed by atoms with E-state index < -0.39 is 50.3 Å². The number of carbonyl (C=O) groups is 1. The highest BCUT2D eigenvalue weighted by molar-refractivity contribution is 7.89. The second kappa shape index (κ2) is 11.9. The topological polar surface area (TPSA) is 88.2 Å². The fourth-order valence-corrected chi connectivity index (χ4v) is 7.72. The number of rotatable bonds is 5. The summed E-state index contributed by atoms with van der Waals surface area (Å²) in [6, 6.07) is 11.5. The molecule has 2 aromatic carbocycles. The summed E-state index contributed by atoms with van der Waals surface area (Å²) in [5.74, 6) is -0.608. The molecule has 0 aliphatic carbocycles. The Kier molecular flexibility index (Phi) is 8.66. The van der Waals surface area contributed by atoms with Crippen LogP contribution in [0.25, 0.3) is 0 Å². The predicted molar refractivity (Wildman–Crippen MR) is 146 cm³/mol. The van der Waals surface area contributed by atoms with Crippen molar-refractivity contribution in [3.63, 3.8) is 0 Å². The first-order valence-corrected chi connectivity index (χ1v) is 15.5. The van der Waals surface area contributed by atoms with E-state index in [1.165, 1.54) is 5.56 Å². The van der Waals surface area contributed by atoms with Crippen molar-refractivity contribution in [1.82, 2.24) is 14.5 Å². The SMILES string of the molecule is CCCO[C@@H]1C[C@H]2C(=O)NC3(CCOc4ccc(C(F)(F)F)cc4S(=O)(=O)N2C1)CCN(Cc1ccccc1)CC3. The van der Waals surface area contributed by atoms with Gasteiger partial charge < -0.3 is 14.8 Å². The third-order valence-corrected chi connectivity index (χ3v) is 10.1. The van der Waals surface area contributed by atoms with Crippen molar-refractivity contribution < 1.29 is 35.9 Å². The standard InChI is InChI=1S/C29H36F3N3O5S/c1-2-15-39-23-18-24-27(36)33-28(10-13-34(14-11-28)19-21-6-4-3-5-7-21)12-16-40-25-9-8-22(29(30,31)32)17-26(25)41(37,38)35(24)20-23/h3-9,17,23-24H,2,10-16,18-20H2,1H3,(H,33,36)/t23-,24+/m1/s1. The quantitative estimate of drug-likeness (QED) is 0.558. The molecule has 224 valence electrons. The number of piperidine rings is 1. The number of alkyl halides is 3. The molecule has 0 bridgehead atoms. The molecule has 3 heterocycles. The Balaban J connectivity index is 1.45. The van der Waals surface area contributed by atoms with E-state index in [0.717, 1.165) is 36.1 Å². The van der Waals surface area contributed by atoms with Crippen LogP contribution >= 0.6 is 0 Å². The van der Waals surface area contributed by atoms with E-state index in [-0.39, 0.29) is 25.3 Å². The van der Waals surface area contributed by atoms with Crippen LogP contribution in [-0.4, -0.2) is 74.1 Å². The third kappa shape index (κ3) is 6.55. The van der Waals surface area contributed by atoms with Gasteiger partial charge in [0.2, 0.25) is 15.9 Å². The zero-order valence-electron chi connectivity index (χ0n) is 23.0. The molecule has 1 spiro atoms. The lowest BCUT2D eigenvalue weighted by Crippen LogP contribution is -2.59. The van der Waals surface area contributed by atoms with Gasteiger partial charge in [-0.15, -0.1) is 0 Å². The van der Waals surface area contributed by atoms with Gasteiger partial charge in [0, 0.05) is 51.2 Å². The number of likely N-dealkylation sites (tertiary alicyclic amines) is 1. The van der Waals surface area contributed by atoms with Gasteiger partial charge in [-0.05, 0) is 43.0 Å². The van der Waals surface area contributed by atoms with Crippen LogP contribution in [0.3, 0.4) is 0 Å². The number of carbonyl (C=O) groups excluding carboxylic acids is 1. The molecule has 2 saturated heterocycles. The van der Waals surface area contributed by atoms with E-state index in [2.05, 4.69) is 22.3 Å². The van der Waals surface area contributed by atoms with E-state index >= 15 is 0 Å². The highest BCUT2D eigenvalue weighted by Gasteiger charge is 2.48. The lowest BCUT2D eigenvalue weighted by molar-refractivity contribution is -0.137. The van der Waals surface area contributed by atoms with Gasteiger partial charge in [0.05, 0.1) is 18.3 Å². The maximum atomic E-state index is 13.9. The molecule has 1 N–H and O–H groups in total. The Morgan fingerprint density at radius 1 is 1.10 bits per heavy atom. The molecule has 2 aromatic rings. The van der Waals surface area contributed by atoms with Crippen LogP contribution in [0.5, 0.6) is 5.75 Å². The normalized spacial score (nSPS) is 25.0. The van der Waals surface area contributed by atoms with Crippen molar-refractivity contribution in [3.8, 4) is 5.75 Å². The number of benzene rings is 2. The Hall–Kier alpha value is -2.67.